The van der Waals surface area contributed by atoms with E-state index >= 15 is 0 Å². The summed E-state index contributed by atoms with van der Waals surface area (Å²) in [6.45, 7) is 4.47. The molecule has 0 saturated heterocycles. The van der Waals surface area contributed by atoms with E-state index in [1.165, 1.54) is 11.6 Å². The number of amides is 1. The van der Waals surface area contributed by atoms with Crippen molar-refractivity contribution < 1.29 is 14.3 Å². The second-order valence-electron chi connectivity index (χ2n) is 7.77. The third kappa shape index (κ3) is 3.91. The minimum atomic E-state index is -0.336. The van der Waals surface area contributed by atoms with Crippen LogP contribution < -0.4 is 20.3 Å². The second-order valence-corrected chi connectivity index (χ2v) is 7.77. The molecule has 0 saturated carbocycles. The van der Waals surface area contributed by atoms with Gasteiger partial charge in [-0.2, -0.15) is 4.98 Å². The molecule has 0 aliphatic rings. The first-order valence-corrected chi connectivity index (χ1v) is 10.4. The fraction of sp³-hybridized carbons (Fsp3) is 0.292. The van der Waals surface area contributed by atoms with E-state index in [1.54, 1.807) is 35.5 Å². The topological polar surface area (TPSA) is 86.9 Å². The minimum Gasteiger partial charge on any atom is -0.493 e. The number of hydrogen-bond acceptors (Lipinski definition) is 5. The van der Waals surface area contributed by atoms with Crippen molar-refractivity contribution in [3.63, 3.8) is 0 Å². The van der Waals surface area contributed by atoms with E-state index in [2.05, 4.69) is 29.4 Å². The van der Waals surface area contributed by atoms with Gasteiger partial charge >= 0.3 is 0 Å². The number of benzene rings is 2. The molecule has 8 heteroatoms. The summed E-state index contributed by atoms with van der Waals surface area (Å²) in [5, 5.41) is 3.72. The number of fused-ring (bicyclic) bond motifs is 3. The largest absolute Gasteiger partial charge is 0.493 e. The van der Waals surface area contributed by atoms with E-state index in [0.717, 1.165) is 5.52 Å². The summed E-state index contributed by atoms with van der Waals surface area (Å²) in [5.74, 6) is 1.10. The number of nitrogens with zero attached hydrogens (tertiary/aromatic N) is 3. The molecular weight excluding hydrogens is 408 g/mol. The van der Waals surface area contributed by atoms with Crippen LogP contribution >= 0.6 is 0 Å². The molecule has 4 aromatic rings. The number of aryl methyl sites for hydroxylation is 1. The molecule has 2 aromatic carbocycles. The van der Waals surface area contributed by atoms with E-state index in [1.807, 2.05) is 25.1 Å². The smallest absolute Gasteiger partial charge is 0.273 e. The first-order chi connectivity index (χ1) is 15.4. The number of hydrogen-bond donors (Lipinski definition) is 1. The third-order valence-electron chi connectivity index (χ3n) is 5.61. The van der Waals surface area contributed by atoms with Gasteiger partial charge in [0.05, 0.1) is 19.7 Å². The fourth-order valence-corrected chi connectivity index (χ4v) is 3.95. The molecule has 0 radical (unpaired) electrons. The van der Waals surface area contributed by atoms with Crippen LogP contribution in [0.5, 0.6) is 11.5 Å². The summed E-state index contributed by atoms with van der Waals surface area (Å²) in [5.41, 5.74) is 2.70. The zero-order chi connectivity index (χ0) is 22.8. The van der Waals surface area contributed by atoms with Gasteiger partial charge in [0.15, 0.2) is 17.1 Å². The standard InChI is InChI=1S/C24H26N4O4/c1-15(17-8-6-5-7-9-17)13-25-23(30)14-27-19-12-21(32-4)20(31-3)11-18(19)24-26-22(29)10-16(2)28(24)27/h5-12,15H,13-14H2,1-4H3,(H,25,30). The average molecular weight is 434 g/mol. The van der Waals surface area contributed by atoms with Gasteiger partial charge in [-0.05, 0) is 24.5 Å². The molecule has 2 heterocycles. The minimum absolute atomic E-state index is 0.0579. The van der Waals surface area contributed by atoms with Crippen molar-refractivity contribution in [1.82, 2.24) is 19.5 Å². The molecule has 0 aliphatic heterocycles. The van der Waals surface area contributed by atoms with Crippen molar-refractivity contribution in [3.8, 4) is 11.5 Å². The van der Waals surface area contributed by atoms with Crippen LogP contribution in [0.2, 0.25) is 0 Å². The van der Waals surface area contributed by atoms with Gasteiger partial charge in [0.2, 0.25) is 5.91 Å². The van der Waals surface area contributed by atoms with Crippen LogP contribution in [0.25, 0.3) is 16.6 Å². The molecule has 2 aromatic heterocycles. The van der Waals surface area contributed by atoms with Gasteiger partial charge in [0.25, 0.3) is 5.56 Å². The summed E-state index contributed by atoms with van der Waals surface area (Å²) in [6.07, 6.45) is 0. The molecule has 0 fully saturated rings. The predicted molar refractivity (Wildman–Crippen MR) is 123 cm³/mol. The lowest BCUT2D eigenvalue weighted by atomic mass is 10.0. The van der Waals surface area contributed by atoms with E-state index in [0.29, 0.717) is 34.8 Å². The maximum Gasteiger partial charge on any atom is 0.273 e. The summed E-state index contributed by atoms with van der Waals surface area (Å²) in [4.78, 5) is 29.2. The van der Waals surface area contributed by atoms with Gasteiger partial charge in [0, 0.05) is 29.8 Å². The lowest BCUT2D eigenvalue weighted by molar-refractivity contribution is -0.121. The van der Waals surface area contributed by atoms with Crippen molar-refractivity contribution >= 4 is 22.5 Å². The lowest BCUT2D eigenvalue weighted by Crippen LogP contribution is -2.32. The van der Waals surface area contributed by atoms with Crippen LogP contribution in [0, 0.1) is 6.92 Å². The Hall–Kier alpha value is -3.81. The number of ether oxygens (including phenoxy) is 2. The van der Waals surface area contributed by atoms with E-state index in [9.17, 15) is 9.59 Å². The molecule has 1 N–H and O–H groups in total. The van der Waals surface area contributed by atoms with Crippen LogP contribution in [0.4, 0.5) is 0 Å². The van der Waals surface area contributed by atoms with Crippen molar-refractivity contribution in [2.75, 3.05) is 20.8 Å². The van der Waals surface area contributed by atoms with Crippen molar-refractivity contribution in [1.29, 1.82) is 0 Å². The Morgan fingerprint density at radius 1 is 1.09 bits per heavy atom. The maximum absolute atomic E-state index is 12.9. The number of rotatable bonds is 7. The Morgan fingerprint density at radius 2 is 1.78 bits per heavy atom. The summed E-state index contributed by atoms with van der Waals surface area (Å²) >= 11 is 0. The molecule has 1 atom stereocenters. The molecule has 8 nitrogen and oxygen atoms in total. The van der Waals surface area contributed by atoms with Crippen molar-refractivity contribution in [3.05, 3.63) is 70.1 Å². The highest BCUT2D eigenvalue weighted by Gasteiger charge is 2.19. The highest BCUT2D eigenvalue weighted by molar-refractivity contribution is 5.96. The Kier molecular flexibility index (Phi) is 5.85. The molecule has 1 amide bonds. The van der Waals surface area contributed by atoms with Gasteiger partial charge in [-0.25, -0.2) is 4.52 Å². The molecule has 0 bridgehead atoms. The zero-order valence-corrected chi connectivity index (χ0v) is 18.6. The zero-order valence-electron chi connectivity index (χ0n) is 18.6. The van der Waals surface area contributed by atoms with Crippen molar-refractivity contribution in [2.45, 2.75) is 26.3 Å². The number of nitrogens with one attached hydrogen (secondary N) is 1. The number of carbonyl (C=O) groups is 1. The lowest BCUT2D eigenvalue weighted by Gasteiger charge is -2.15. The molecule has 32 heavy (non-hydrogen) atoms. The van der Waals surface area contributed by atoms with Gasteiger partial charge in [-0.3, -0.25) is 14.3 Å². The molecule has 0 spiro atoms. The van der Waals surface area contributed by atoms with Crippen LogP contribution in [0.15, 0.2) is 53.3 Å². The average Bonchev–Trinajstić information content (AvgIpc) is 3.09. The summed E-state index contributed by atoms with van der Waals surface area (Å²) in [7, 11) is 3.11. The Morgan fingerprint density at radius 3 is 2.47 bits per heavy atom. The quantitative estimate of drug-likeness (QED) is 0.483. The molecule has 0 aliphatic carbocycles. The first kappa shape index (κ1) is 21.4. The highest BCUT2D eigenvalue weighted by Crippen LogP contribution is 2.34. The highest BCUT2D eigenvalue weighted by atomic mass is 16.5. The van der Waals surface area contributed by atoms with Gasteiger partial charge in [-0.15, -0.1) is 0 Å². The van der Waals surface area contributed by atoms with Crippen LogP contribution in [0.3, 0.4) is 0 Å². The SMILES string of the molecule is COc1cc2c(cc1OC)n(CC(=O)NCC(C)c1ccccc1)n1c(C)cc(=O)nc21. The summed E-state index contributed by atoms with van der Waals surface area (Å²) in [6, 6.07) is 15.1. The molecular formula is C24H26N4O4. The second kappa shape index (κ2) is 8.74. The fourth-order valence-electron chi connectivity index (χ4n) is 3.95. The van der Waals surface area contributed by atoms with Crippen LogP contribution in [-0.2, 0) is 11.3 Å². The van der Waals surface area contributed by atoms with Crippen LogP contribution in [-0.4, -0.2) is 40.9 Å². The first-order valence-electron chi connectivity index (χ1n) is 10.4. The Balaban J connectivity index is 1.72. The number of aromatic nitrogens is 3. The van der Waals surface area contributed by atoms with Gasteiger partial charge in [-0.1, -0.05) is 37.3 Å². The molecule has 1 unspecified atom stereocenters. The van der Waals surface area contributed by atoms with Crippen LogP contribution in [0.1, 0.15) is 24.1 Å². The van der Waals surface area contributed by atoms with E-state index < -0.39 is 0 Å². The maximum atomic E-state index is 12.9. The summed E-state index contributed by atoms with van der Waals surface area (Å²) < 4.78 is 14.5. The van der Waals surface area contributed by atoms with E-state index in [-0.39, 0.29) is 23.9 Å². The Labute approximate surface area is 185 Å². The molecule has 4 rings (SSSR count). The predicted octanol–water partition coefficient (Wildman–Crippen LogP) is 2.89. The van der Waals surface area contributed by atoms with Gasteiger partial charge < -0.3 is 14.8 Å². The number of carbonyl (C=O) groups excluding carboxylic acids is 1. The monoisotopic (exact) mass is 434 g/mol. The van der Waals surface area contributed by atoms with Gasteiger partial charge in [0.1, 0.15) is 6.54 Å². The Bertz CT molecular complexity index is 1340. The number of methoxy groups -OCH3 is 2. The van der Waals surface area contributed by atoms with Crippen molar-refractivity contribution in [2.24, 2.45) is 0 Å². The normalized spacial score (nSPS) is 12.1. The molecule has 166 valence electrons. The van der Waals surface area contributed by atoms with E-state index in [4.69, 9.17) is 9.47 Å². The third-order valence-corrected chi connectivity index (χ3v) is 5.61.